The maximum absolute atomic E-state index is 12.2. The van der Waals surface area contributed by atoms with E-state index in [1.165, 1.54) is 18.2 Å². The quantitative estimate of drug-likeness (QED) is 0.492. The molecule has 1 heterocycles. The van der Waals surface area contributed by atoms with E-state index in [1.54, 1.807) is 18.2 Å². The van der Waals surface area contributed by atoms with E-state index in [9.17, 15) is 14.9 Å². The van der Waals surface area contributed by atoms with Crippen molar-refractivity contribution in [2.75, 3.05) is 19.6 Å². The number of benzene rings is 1. The Bertz CT molecular complexity index is 536. The van der Waals surface area contributed by atoms with Crippen LogP contribution in [0.1, 0.15) is 18.9 Å². The van der Waals surface area contributed by atoms with Crippen LogP contribution in [0.5, 0.6) is 0 Å². The van der Waals surface area contributed by atoms with E-state index in [0.717, 1.165) is 31.6 Å². The number of nitro benzene ring substituents is 1. The second-order valence-electron chi connectivity index (χ2n) is 5.03. The molecule has 1 amide bonds. The molecule has 0 atom stereocenters. The molecule has 1 aliphatic rings. The van der Waals surface area contributed by atoms with Crippen LogP contribution in [0.25, 0.3) is 6.08 Å². The number of nitrogens with one attached hydrogen (secondary N) is 1. The first-order chi connectivity index (χ1) is 10.1. The van der Waals surface area contributed by atoms with Crippen molar-refractivity contribution in [1.29, 1.82) is 0 Å². The molecule has 1 saturated heterocycles. The van der Waals surface area contributed by atoms with E-state index in [-0.39, 0.29) is 17.6 Å². The summed E-state index contributed by atoms with van der Waals surface area (Å²) < 4.78 is 0. The Morgan fingerprint density at radius 2 is 2.10 bits per heavy atom. The molecule has 2 rings (SSSR count). The molecule has 0 aliphatic carbocycles. The Morgan fingerprint density at radius 3 is 2.57 bits per heavy atom. The Hall–Kier alpha value is -2.21. The summed E-state index contributed by atoms with van der Waals surface area (Å²) in [6.07, 6.45) is 4.16. The van der Waals surface area contributed by atoms with Gasteiger partial charge in [0.2, 0.25) is 5.91 Å². The highest BCUT2D eigenvalue weighted by atomic mass is 16.6. The van der Waals surface area contributed by atoms with Crippen LogP contribution in [0.3, 0.4) is 0 Å². The summed E-state index contributed by atoms with van der Waals surface area (Å²) >= 11 is 0. The minimum absolute atomic E-state index is 0.0123. The predicted octanol–water partition coefficient (Wildman–Crippen LogP) is 1.82. The number of hydrogen-bond donors (Lipinski definition) is 1. The lowest BCUT2D eigenvalue weighted by atomic mass is 10.1. The number of non-ortho nitro benzene ring substituents is 1. The molecule has 0 radical (unpaired) electrons. The molecule has 0 spiro atoms. The number of nitrogens with zero attached hydrogens (tertiary/aromatic N) is 2. The summed E-state index contributed by atoms with van der Waals surface area (Å²) in [5.41, 5.74) is 0.823. The van der Waals surface area contributed by atoms with Gasteiger partial charge in [-0.1, -0.05) is 6.92 Å². The maximum Gasteiger partial charge on any atom is 0.269 e. The van der Waals surface area contributed by atoms with Crippen LogP contribution in [-0.4, -0.2) is 41.4 Å². The first kappa shape index (κ1) is 15.2. The zero-order chi connectivity index (χ0) is 15.2. The number of amides is 1. The summed E-state index contributed by atoms with van der Waals surface area (Å²) in [7, 11) is 0. The van der Waals surface area contributed by atoms with Crippen molar-refractivity contribution in [2.24, 2.45) is 0 Å². The molecule has 1 aromatic carbocycles. The molecular weight excluding hydrogens is 270 g/mol. The molecule has 1 aromatic rings. The van der Waals surface area contributed by atoms with Gasteiger partial charge in [0.1, 0.15) is 0 Å². The minimum atomic E-state index is -0.439. The Balaban J connectivity index is 2.00. The van der Waals surface area contributed by atoms with Crippen molar-refractivity contribution < 1.29 is 9.72 Å². The average molecular weight is 289 g/mol. The van der Waals surface area contributed by atoms with Crippen LogP contribution in [0.4, 0.5) is 5.69 Å². The van der Waals surface area contributed by atoms with Gasteiger partial charge in [0.05, 0.1) is 11.0 Å². The van der Waals surface area contributed by atoms with Gasteiger partial charge in [-0.05, 0) is 30.2 Å². The Morgan fingerprint density at radius 1 is 1.43 bits per heavy atom. The normalized spacial score (nSPS) is 14.9. The summed E-state index contributed by atoms with van der Waals surface area (Å²) in [5.74, 6) is -0.0123. The molecule has 1 N–H and O–H groups in total. The number of rotatable bonds is 6. The summed E-state index contributed by atoms with van der Waals surface area (Å²) in [4.78, 5) is 24.2. The monoisotopic (exact) mass is 289 g/mol. The van der Waals surface area contributed by atoms with E-state index in [1.807, 2.05) is 11.8 Å². The fourth-order valence-corrected chi connectivity index (χ4v) is 2.18. The van der Waals surface area contributed by atoms with Crippen molar-refractivity contribution in [1.82, 2.24) is 10.2 Å². The zero-order valence-electron chi connectivity index (χ0n) is 12.0. The highest BCUT2D eigenvalue weighted by molar-refractivity contribution is 5.92. The van der Waals surface area contributed by atoms with Gasteiger partial charge in [-0.25, -0.2) is 0 Å². The maximum atomic E-state index is 12.2. The van der Waals surface area contributed by atoms with Gasteiger partial charge >= 0.3 is 0 Å². The molecular formula is C15H19N3O3. The van der Waals surface area contributed by atoms with Crippen LogP contribution in [0.2, 0.25) is 0 Å². The van der Waals surface area contributed by atoms with Crippen LogP contribution in [-0.2, 0) is 4.79 Å². The predicted molar refractivity (Wildman–Crippen MR) is 80.8 cm³/mol. The first-order valence-electron chi connectivity index (χ1n) is 7.05. The third-order valence-electron chi connectivity index (χ3n) is 3.47. The van der Waals surface area contributed by atoms with Gasteiger partial charge in [0.25, 0.3) is 5.69 Å². The topological polar surface area (TPSA) is 75.5 Å². The second kappa shape index (κ2) is 6.99. The highest BCUT2D eigenvalue weighted by Crippen LogP contribution is 2.13. The number of nitro groups is 1. The molecule has 1 fully saturated rings. The molecule has 0 saturated carbocycles. The molecule has 0 aromatic heterocycles. The first-order valence-corrected chi connectivity index (χ1v) is 7.05. The second-order valence-corrected chi connectivity index (χ2v) is 5.03. The van der Waals surface area contributed by atoms with Crippen molar-refractivity contribution in [2.45, 2.75) is 19.4 Å². The lowest BCUT2D eigenvalue weighted by molar-refractivity contribution is -0.384. The van der Waals surface area contributed by atoms with Gasteiger partial charge < -0.3 is 10.2 Å². The fraction of sp³-hybridized carbons (Fsp3) is 0.400. The van der Waals surface area contributed by atoms with E-state index in [2.05, 4.69) is 5.32 Å². The van der Waals surface area contributed by atoms with Gasteiger partial charge in [0.15, 0.2) is 0 Å². The van der Waals surface area contributed by atoms with Crippen molar-refractivity contribution in [3.05, 3.63) is 46.0 Å². The van der Waals surface area contributed by atoms with Crippen LogP contribution in [0, 0.1) is 10.1 Å². The van der Waals surface area contributed by atoms with Crippen molar-refractivity contribution in [3.8, 4) is 0 Å². The zero-order valence-corrected chi connectivity index (χ0v) is 12.0. The Labute approximate surface area is 123 Å². The number of carbonyl (C=O) groups is 1. The van der Waals surface area contributed by atoms with Crippen molar-refractivity contribution in [3.63, 3.8) is 0 Å². The van der Waals surface area contributed by atoms with E-state index in [4.69, 9.17) is 0 Å². The van der Waals surface area contributed by atoms with Crippen LogP contribution >= 0.6 is 0 Å². The molecule has 21 heavy (non-hydrogen) atoms. The largest absolute Gasteiger partial charge is 0.334 e. The fourth-order valence-electron chi connectivity index (χ4n) is 2.18. The van der Waals surface area contributed by atoms with Crippen LogP contribution < -0.4 is 5.32 Å². The summed E-state index contributed by atoms with van der Waals surface area (Å²) in [5, 5.41) is 13.7. The van der Waals surface area contributed by atoms with Gasteiger partial charge in [-0.15, -0.1) is 0 Å². The Kier molecular flexibility index (Phi) is 5.05. The average Bonchev–Trinajstić information content (AvgIpc) is 2.43. The molecule has 0 bridgehead atoms. The van der Waals surface area contributed by atoms with E-state index < -0.39 is 4.92 Å². The van der Waals surface area contributed by atoms with E-state index >= 15 is 0 Å². The smallest absolute Gasteiger partial charge is 0.269 e. The number of hydrogen-bond acceptors (Lipinski definition) is 4. The molecule has 6 nitrogen and oxygen atoms in total. The third kappa shape index (κ3) is 3.88. The lowest BCUT2D eigenvalue weighted by Gasteiger charge is -2.37. The van der Waals surface area contributed by atoms with Gasteiger partial charge in [0, 0.05) is 37.8 Å². The number of carbonyl (C=O) groups excluding carboxylic acids is 1. The minimum Gasteiger partial charge on any atom is -0.334 e. The third-order valence-corrected chi connectivity index (χ3v) is 3.47. The SMILES string of the molecule is CCCN(C(=O)C=Cc1ccc([N+](=O)[O-])cc1)C1CNC1. The molecule has 6 heteroatoms. The summed E-state index contributed by atoms with van der Waals surface area (Å²) in [6.45, 7) is 4.48. The van der Waals surface area contributed by atoms with Crippen molar-refractivity contribution >= 4 is 17.7 Å². The molecule has 0 unspecified atom stereocenters. The highest BCUT2D eigenvalue weighted by Gasteiger charge is 2.26. The standard InChI is InChI=1S/C15H19N3O3/c1-2-9-17(14-10-16-11-14)15(19)8-5-12-3-6-13(7-4-12)18(20)21/h3-8,14,16H,2,9-11H2,1H3. The lowest BCUT2D eigenvalue weighted by Crippen LogP contribution is -2.58. The van der Waals surface area contributed by atoms with Gasteiger partial charge in [-0.3, -0.25) is 14.9 Å². The van der Waals surface area contributed by atoms with Gasteiger partial charge in [-0.2, -0.15) is 0 Å². The molecule has 112 valence electrons. The summed E-state index contributed by atoms with van der Waals surface area (Å²) in [6, 6.07) is 6.42. The van der Waals surface area contributed by atoms with E-state index in [0.29, 0.717) is 0 Å². The van der Waals surface area contributed by atoms with Crippen LogP contribution in [0.15, 0.2) is 30.3 Å². The molecule has 1 aliphatic heterocycles.